The Kier molecular flexibility index (Phi) is 3.82. The van der Waals surface area contributed by atoms with Gasteiger partial charge in [0, 0.05) is 24.2 Å². The number of fused-ring (bicyclic) bond motifs is 4. The van der Waals surface area contributed by atoms with Crippen molar-refractivity contribution in [2.45, 2.75) is 25.3 Å². The van der Waals surface area contributed by atoms with Crippen LogP contribution in [0.2, 0.25) is 0 Å². The summed E-state index contributed by atoms with van der Waals surface area (Å²) in [4.78, 5) is 7.17. The van der Waals surface area contributed by atoms with Gasteiger partial charge in [0.25, 0.3) is 0 Å². The van der Waals surface area contributed by atoms with Gasteiger partial charge in [0.05, 0.1) is 12.6 Å². The van der Waals surface area contributed by atoms with E-state index in [0.717, 1.165) is 23.6 Å². The number of benzene rings is 1. The van der Waals surface area contributed by atoms with Gasteiger partial charge in [-0.2, -0.15) is 0 Å². The summed E-state index contributed by atoms with van der Waals surface area (Å²) < 4.78 is 5.40. The topological polar surface area (TPSA) is 25.4 Å². The number of nitrogens with zero attached hydrogens (tertiary/aromatic N) is 2. The number of piperidine rings is 3. The van der Waals surface area contributed by atoms with E-state index in [0.29, 0.717) is 12.0 Å². The van der Waals surface area contributed by atoms with E-state index in [1.54, 1.807) is 7.11 Å². The Labute approximate surface area is 138 Å². The molecule has 3 saturated heterocycles. The number of pyridine rings is 1. The third-order valence-electron chi connectivity index (χ3n) is 5.73. The number of hydrogen-bond donors (Lipinski definition) is 0. The molecule has 4 heterocycles. The van der Waals surface area contributed by atoms with Crippen molar-refractivity contribution < 1.29 is 4.74 Å². The van der Waals surface area contributed by atoms with Crippen molar-refractivity contribution in [2.75, 3.05) is 20.2 Å². The van der Waals surface area contributed by atoms with Crippen LogP contribution in [0, 0.1) is 11.8 Å². The van der Waals surface area contributed by atoms with Crippen LogP contribution in [0.3, 0.4) is 0 Å². The summed E-state index contributed by atoms with van der Waals surface area (Å²) >= 11 is 0. The first-order valence-corrected chi connectivity index (χ1v) is 8.56. The van der Waals surface area contributed by atoms with Crippen molar-refractivity contribution in [1.82, 2.24) is 9.88 Å². The Morgan fingerprint density at radius 3 is 3.04 bits per heavy atom. The summed E-state index contributed by atoms with van der Waals surface area (Å²) in [6.07, 6.45) is 7.84. The predicted octanol–water partition coefficient (Wildman–Crippen LogP) is 3.68. The van der Waals surface area contributed by atoms with Crippen molar-refractivity contribution >= 4 is 10.9 Å². The number of rotatable bonds is 4. The molecule has 0 spiro atoms. The minimum absolute atomic E-state index is 0.654. The standard InChI is InChI=1S/C20H24N2O/c1-3-14-13-22-9-7-15(14)10-17(22)11-16-6-8-21-20-5-4-18(23-2)12-19(16)20/h3-6,8,12,14-15,17H,1,7,9-11,13H2,2H3/t14-,15+,17+/m1/s1. The molecule has 2 bridgehead atoms. The van der Waals surface area contributed by atoms with Crippen LogP contribution in [0.4, 0.5) is 0 Å². The van der Waals surface area contributed by atoms with Crippen LogP contribution in [0.15, 0.2) is 43.1 Å². The van der Waals surface area contributed by atoms with Crippen molar-refractivity contribution in [2.24, 2.45) is 11.8 Å². The molecule has 0 amide bonds. The average molecular weight is 308 g/mol. The summed E-state index contributed by atoms with van der Waals surface area (Å²) in [7, 11) is 1.72. The van der Waals surface area contributed by atoms with Crippen molar-refractivity contribution in [3.05, 3.63) is 48.7 Å². The molecule has 3 fully saturated rings. The molecule has 120 valence electrons. The van der Waals surface area contributed by atoms with E-state index in [4.69, 9.17) is 4.74 Å². The molecule has 5 rings (SSSR count). The van der Waals surface area contributed by atoms with E-state index in [1.165, 1.54) is 36.9 Å². The van der Waals surface area contributed by atoms with Crippen LogP contribution in [0.1, 0.15) is 18.4 Å². The van der Waals surface area contributed by atoms with Crippen molar-refractivity contribution in [3.8, 4) is 5.75 Å². The Morgan fingerprint density at radius 2 is 2.30 bits per heavy atom. The highest BCUT2D eigenvalue weighted by Gasteiger charge is 2.38. The first-order valence-electron chi connectivity index (χ1n) is 8.56. The molecule has 3 aliphatic heterocycles. The third kappa shape index (κ3) is 2.63. The largest absolute Gasteiger partial charge is 0.497 e. The summed E-state index contributed by atoms with van der Waals surface area (Å²) in [5.41, 5.74) is 2.45. The molecule has 1 aromatic heterocycles. The van der Waals surface area contributed by atoms with Gasteiger partial charge in [-0.25, -0.2) is 0 Å². The molecule has 1 aromatic carbocycles. The molecule has 3 nitrogen and oxygen atoms in total. The number of hydrogen-bond acceptors (Lipinski definition) is 3. The average Bonchev–Trinajstić information content (AvgIpc) is 2.62. The zero-order chi connectivity index (χ0) is 15.8. The maximum atomic E-state index is 5.40. The van der Waals surface area contributed by atoms with Crippen LogP contribution >= 0.6 is 0 Å². The van der Waals surface area contributed by atoms with Gasteiger partial charge < -0.3 is 4.74 Å². The lowest BCUT2D eigenvalue weighted by Crippen LogP contribution is -2.53. The monoisotopic (exact) mass is 308 g/mol. The van der Waals surface area contributed by atoms with Crippen molar-refractivity contribution in [3.63, 3.8) is 0 Å². The zero-order valence-corrected chi connectivity index (χ0v) is 13.7. The lowest BCUT2D eigenvalue weighted by atomic mass is 9.74. The molecule has 0 aliphatic carbocycles. The van der Waals surface area contributed by atoms with E-state index in [-0.39, 0.29) is 0 Å². The summed E-state index contributed by atoms with van der Waals surface area (Å²) in [5, 5.41) is 1.23. The molecule has 1 unspecified atom stereocenters. The highest BCUT2D eigenvalue weighted by Crippen LogP contribution is 2.38. The second kappa shape index (κ2) is 5.97. The Bertz CT molecular complexity index is 727. The van der Waals surface area contributed by atoms with Gasteiger partial charge >= 0.3 is 0 Å². The molecule has 0 N–H and O–H groups in total. The Morgan fingerprint density at radius 1 is 1.39 bits per heavy atom. The first-order chi connectivity index (χ1) is 11.3. The summed E-state index contributed by atoms with van der Waals surface area (Å²) in [6.45, 7) is 6.45. The van der Waals surface area contributed by atoms with Gasteiger partial charge in [0.1, 0.15) is 5.75 Å². The van der Waals surface area contributed by atoms with Crippen LogP contribution in [0.5, 0.6) is 5.75 Å². The molecule has 2 aromatic rings. The fourth-order valence-corrected chi connectivity index (χ4v) is 4.40. The smallest absolute Gasteiger partial charge is 0.119 e. The molecule has 0 saturated carbocycles. The lowest BCUT2D eigenvalue weighted by molar-refractivity contribution is 0.0196. The minimum atomic E-state index is 0.654. The maximum absolute atomic E-state index is 5.40. The normalized spacial score (nSPS) is 29.6. The molecule has 23 heavy (non-hydrogen) atoms. The SMILES string of the molecule is C=C[C@@H]1CN2CC[C@H]1C[C@H]2Cc1ccnc2ccc(OC)cc12. The van der Waals surface area contributed by atoms with Crippen molar-refractivity contribution in [1.29, 1.82) is 0 Å². The first kappa shape index (κ1) is 14.7. The van der Waals surface area contributed by atoms with E-state index >= 15 is 0 Å². The van der Waals surface area contributed by atoms with Crippen LogP contribution < -0.4 is 4.74 Å². The van der Waals surface area contributed by atoms with Gasteiger partial charge in [0.2, 0.25) is 0 Å². The fraction of sp³-hybridized carbons (Fsp3) is 0.450. The summed E-state index contributed by atoms with van der Waals surface area (Å²) in [6, 6.07) is 9.00. The third-order valence-corrected chi connectivity index (χ3v) is 5.73. The highest BCUT2D eigenvalue weighted by atomic mass is 16.5. The lowest BCUT2D eigenvalue weighted by Gasteiger charge is -2.49. The molecule has 4 atom stereocenters. The second-order valence-corrected chi connectivity index (χ2v) is 6.89. The maximum Gasteiger partial charge on any atom is 0.119 e. The Hall–Kier alpha value is -1.87. The predicted molar refractivity (Wildman–Crippen MR) is 93.8 cm³/mol. The van der Waals surface area contributed by atoms with Gasteiger partial charge in [-0.05, 0) is 67.5 Å². The number of ether oxygens (including phenoxy) is 1. The van der Waals surface area contributed by atoms with Crippen LogP contribution in [0.25, 0.3) is 10.9 Å². The quantitative estimate of drug-likeness (QED) is 0.806. The molecule has 3 heteroatoms. The minimum Gasteiger partial charge on any atom is -0.497 e. The molecule has 0 radical (unpaired) electrons. The van der Waals surface area contributed by atoms with Gasteiger partial charge in [-0.3, -0.25) is 9.88 Å². The molecular formula is C20H24N2O. The number of aromatic nitrogens is 1. The number of methoxy groups -OCH3 is 1. The van der Waals surface area contributed by atoms with Gasteiger partial charge in [-0.1, -0.05) is 6.08 Å². The zero-order valence-electron chi connectivity index (χ0n) is 13.7. The van der Waals surface area contributed by atoms with Crippen LogP contribution in [-0.2, 0) is 6.42 Å². The highest BCUT2D eigenvalue weighted by molar-refractivity contribution is 5.83. The van der Waals surface area contributed by atoms with Crippen LogP contribution in [-0.4, -0.2) is 36.1 Å². The van der Waals surface area contributed by atoms with Gasteiger partial charge in [-0.15, -0.1) is 6.58 Å². The second-order valence-electron chi connectivity index (χ2n) is 6.89. The molecular weight excluding hydrogens is 284 g/mol. The van der Waals surface area contributed by atoms with E-state index in [1.807, 2.05) is 12.3 Å². The van der Waals surface area contributed by atoms with E-state index in [9.17, 15) is 0 Å². The van der Waals surface area contributed by atoms with Gasteiger partial charge in [0.15, 0.2) is 0 Å². The van der Waals surface area contributed by atoms with E-state index in [2.05, 4.69) is 40.7 Å². The fourth-order valence-electron chi connectivity index (χ4n) is 4.40. The summed E-state index contributed by atoms with van der Waals surface area (Å²) in [5.74, 6) is 2.42. The van der Waals surface area contributed by atoms with E-state index < -0.39 is 0 Å². The Balaban J connectivity index is 1.62. The molecule has 3 aliphatic rings.